The molecule has 42 heavy (non-hydrogen) atoms. The Morgan fingerprint density at radius 3 is 1.17 bits per heavy atom. The van der Waals surface area contributed by atoms with E-state index in [1.165, 1.54) is 12.1 Å². The SMILES string of the molecule is O=P(c1ccccc1)(c1ccccc1)c1ccc(-c2nc(-c3ccc(F)c(F)c3)nc(-c3ccc(F)c(F)c3)n2)cc1. The maximum absolute atomic E-state index is 14.7. The fourth-order valence-corrected chi connectivity index (χ4v) is 7.22. The molecule has 0 unspecified atom stereocenters. The van der Waals surface area contributed by atoms with Gasteiger partial charge in [0.2, 0.25) is 0 Å². The molecule has 9 heteroatoms. The summed E-state index contributed by atoms with van der Waals surface area (Å²) in [6, 6.07) is 31.7. The molecular formula is C33H20F4N3OP. The lowest BCUT2D eigenvalue weighted by atomic mass is 10.1. The quantitative estimate of drug-likeness (QED) is 0.156. The average molecular weight is 582 g/mol. The Labute approximate surface area is 238 Å². The van der Waals surface area contributed by atoms with Crippen molar-refractivity contribution in [3.05, 3.63) is 145 Å². The Morgan fingerprint density at radius 2 is 0.762 bits per heavy atom. The van der Waals surface area contributed by atoms with Crippen molar-refractivity contribution in [3.63, 3.8) is 0 Å². The van der Waals surface area contributed by atoms with Crippen LogP contribution in [0.15, 0.2) is 121 Å². The van der Waals surface area contributed by atoms with E-state index in [1.54, 1.807) is 24.3 Å². The second-order valence-corrected chi connectivity index (χ2v) is 12.2. The van der Waals surface area contributed by atoms with E-state index in [0.717, 1.165) is 24.3 Å². The summed E-state index contributed by atoms with van der Waals surface area (Å²) in [5, 5.41) is 1.93. The van der Waals surface area contributed by atoms with Gasteiger partial charge in [-0.1, -0.05) is 84.9 Å². The first kappa shape index (κ1) is 27.2. The molecule has 0 atom stereocenters. The second-order valence-electron chi connectivity index (χ2n) is 9.39. The van der Waals surface area contributed by atoms with Crippen molar-refractivity contribution in [2.24, 2.45) is 0 Å². The minimum atomic E-state index is -3.23. The van der Waals surface area contributed by atoms with Crippen molar-refractivity contribution in [1.82, 2.24) is 15.0 Å². The predicted octanol–water partition coefficient (Wildman–Crippen LogP) is 7.07. The van der Waals surface area contributed by atoms with E-state index < -0.39 is 30.4 Å². The largest absolute Gasteiger partial charge is 0.309 e. The summed E-state index contributed by atoms with van der Waals surface area (Å²) in [5.74, 6) is -4.11. The second kappa shape index (κ2) is 11.1. The maximum Gasteiger partial charge on any atom is 0.171 e. The molecule has 0 radical (unpaired) electrons. The van der Waals surface area contributed by atoms with E-state index in [2.05, 4.69) is 15.0 Å². The van der Waals surface area contributed by atoms with Crippen molar-refractivity contribution in [2.45, 2.75) is 0 Å². The van der Waals surface area contributed by atoms with Gasteiger partial charge in [-0.15, -0.1) is 0 Å². The van der Waals surface area contributed by atoms with Crippen LogP contribution in [0.5, 0.6) is 0 Å². The zero-order valence-corrected chi connectivity index (χ0v) is 22.7. The number of rotatable bonds is 6. The minimum absolute atomic E-state index is 0.00181. The zero-order chi connectivity index (χ0) is 29.3. The summed E-state index contributed by atoms with van der Waals surface area (Å²) in [6.07, 6.45) is 0. The van der Waals surface area contributed by atoms with E-state index in [1.807, 2.05) is 60.7 Å². The molecule has 0 fully saturated rings. The van der Waals surface area contributed by atoms with Crippen LogP contribution in [0.3, 0.4) is 0 Å². The van der Waals surface area contributed by atoms with Crippen molar-refractivity contribution in [3.8, 4) is 34.2 Å². The maximum atomic E-state index is 14.7. The normalized spacial score (nSPS) is 11.4. The van der Waals surface area contributed by atoms with Gasteiger partial charge in [-0.2, -0.15) is 0 Å². The molecule has 0 amide bonds. The Kier molecular flexibility index (Phi) is 7.23. The van der Waals surface area contributed by atoms with Crippen LogP contribution in [0.2, 0.25) is 0 Å². The summed E-state index contributed by atoms with van der Waals surface area (Å²) < 4.78 is 70.1. The Bertz CT molecular complexity index is 1840. The van der Waals surface area contributed by atoms with Gasteiger partial charge in [-0.25, -0.2) is 32.5 Å². The van der Waals surface area contributed by atoms with E-state index in [-0.39, 0.29) is 28.6 Å². The summed E-state index contributed by atoms with van der Waals surface area (Å²) >= 11 is 0. The van der Waals surface area contributed by atoms with Gasteiger partial charge < -0.3 is 4.57 Å². The molecule has 0 aliphatic carbocycles. The molecule has 0 aliphatic heterocycles. The number of hydrogen-bond donors (Lipinski definition) is 0. The van der Waals surface area contributed by atoms with Gasteiger partial charge in [0.25, 0.3) is 0 Å². The van der Waals surface area contributed by atoms with Crippen LogP contribution in [0.4, 0.5) is 17.6 Å². The van der Waals surface area contributed by atoms with Crippen molar-refractivity contribution >= 4 is 23.1 Å². The van der Waals surface area contributed by atoms with Crippen molar-refractivity contribution in [1.29, 1.82) is 0 Å². The van der Waals surface area contributed by atoms with E-state index in [0.29, 0.717) is 21.5 Å². The van der Waals surface area contributed by atoms with E-state index in [4.69, 9.17) is 0 Å². The van der Waals surface area contributed by atoms with Gasteiger partial charge in [0.1, 0.15) is 0 Å². The number of hydrogen-bond acceptors (Lipinski definition) is 4. The Balaban J connectivity index is 1.48. The van der Waals surface area contributed by atoms with Gasteiger partial charge >= 0.3 is 0 Å². The molecule has 6 rings (SSSR count). The third kappa shape index (κ3) is 5.13. The summed E-state index contributed by atoms with van der Waals surface area (Å²) in [4.78, 5) is 13.3. The first-order chi connectivity index (χ1) is 20.3. The van der Waals surface area contributed by atoms with Crippen LogP contribution >= 0.6 is 7.14 Å². The molecular weight excluding hydrogens is 561 g/mol. The Hall–Kier alpha value is -4.94. The summed E-state index contributed by atoms with van der Waals surface area (Å²) in [7, 11) is -3.23. The monoisotopic (exact) mass is 581 g/mol. The van der Waals surface area contributed by atoms with Crippen molar-refractivity contribution in [2.75, 3.05) is 0 Å². The Morgan fingerprint density at radius 1 is 0.405 bits per heavy atom. The van der Waals surface area contributed by atoms with E-state index in [9.17, 15) is 22.1 Å². The third-order valence-corrected chi connectivity index (χ3v) is 9.80. The van der Waals surface area contributed by atoms with E-state index >= 15 is 0 Å². The van der Waals surface area contributed by atoms with Crippen LogP contribution in [0.1, 0.15) is 0 Å². The van der Waals surface area contributed by atoms with Gasteiger partial charge in [0.05, 0.1) is 0 Å². The molecule has 1 heterocycles. The van der Waals surface area contributed by atoms with Crippen LogP contribution in [-0.4, -0.2) is 15.0 Å². The fourth-order valence-electron chi connectivity index (χ4n) is 4.58. The van der Waals surface area contributed by atoms with Gasteiger partial charge in [-0.3, -0.25) is 0 Å². The van der Waals surface area contributed by atoms with Crippen LogP contribution < -0.4 is 15.9 Å². The molecule has 1 aromatic heterocycles. The molecule has 0 saturated carbocycles. The smallest absolute Gasteiger partial charge is 0.171 e. The van der Waals surface area contributed by atoms with Crippen LogP contribution in [0, 0.1) is 23.3 Å². The molecule has 6 aromatic rings. The first-order valence-corrected chi connectivity index (χ1v) is 14.5. The first-order valence-electron chi connectivity index (χ1n) is 12.8. The molecule has 0 aliphatic rings. The number of nitrogens with zero attached hydrogens (tertiary/aromatic N) is 3. The molecule has 4 nitrogen and oxygen atoms in total. The lowest BCUT2D eigenvalue weighted by Crippen LogP contribution is -2.24. The molecule has 0 N–H and O–H groups in total. The number of aromatic nitrogens is 3. The highest BCUT2D eigenvalue weighted by Crippen LogP contribution is 2.42. The zero-order valence-electron chi connectivity index (χ0n) is 21.8. The highest BCUT2D eigenvalue weighted by molar-refractivity contribution is 7.85. The molecule has 0 spiro atoms. The topological polar surface area (TPSA) is 55.7 Å². The minimum Gasteiger partial charge on any atom is -0.309 e. The van der Waals surface area contributed by atoms with Crippen molar-refractivity contribution < 1.29 is 22.1 Å². The van der Waals surface area contributed by atoms with Gasteiger partial charge in [0, 0.05) is 32.6 Å². The highest BCUT2D eigenvalue weighted by Gasteiger charge is 2.29. The third-order valence-electron chi connectivity index (χ3n) is 6.72. The van der Waals surface area contributed by atoms with Gasteiger partial charge in [0.15, 0.2) is 47.9 Å². The summed E-state index contributed by atoms with van der Waals surface area (Å²) in [5.41, 5.74) is 0.827. The molecule has 5 aromatic carbocycles. The molecule has 206 valence electrons. The van der Waals surface area contributed by atoms with Crippen LogP contribution in [0.25, 0.3) is 34.2 Å². The molecule has 0 saturated heterocycles. The van der Waals surface area contributed by atoms with Crippen LogP contribution in [-0.2, 0) is 4.57 Å². The standard InChI is InChI=1S/C33H20F4N3OP/c34-27-17-13-22(19-29(27)36)32-38-31(39-33(40-32)23-14-18-28(35)30(37)20-23)21-11-15-26(16-12-21)42(41,24-7-3-1-4-8-24)25-9-5-2-6-10-25/h1-20H. The lowest BCUT2D eigenvalue weighted by molar-refractivity contribution is 0.509. The predicted molar refractivity (Wildman–Crippen MR) is 155 cm³/mol. The number of benzene rings is 5. The fraction of sp³-hybridized carbons (Fsp3) is 0. The highest BCUT2D eigenvalue weighted by atomic mass is 31.2. The van der Waals surface area contributed by atoms with Gasteiger partial charge in [-0.05, 0) is 36.4 Å². The lowest BCUT2D eigenvalue weighted by Gasteiger charge is -2.20. The summed E-state index contributed by atoms with van der Waals surface area (Å²) in [6.45, 7) is 0. The number of halogens is 4. The average Bonchev–Trinajstić information content (AvgIpc) is 3.04. The molecule has 0 bridgehead atoms.